The second-order valence-corrected chi connectivity index (χ2v) is 5.15. The van der Waals surface area contributed by atoms with E-state index in [0.717, 1.165) is 6.42 Å². The predicted molar refractivity (Wildman–Crippen MR) is 88.6 cm³/mol. The molecule has 2 aliphatic rings. The van der Waals surface area contributed by atoms with Crippen LogP contribution in [0.4, 0.5) is 0 Å². The number of halogens is 2. The zero-order chi connectivity index (χ0) is 11.8. The van der Waals surface area contributed by atoms with Gasteiger partial charge in [-0.25, -0.2) is 0 Å². The van der Waals surface area contributed by atoms with Gasteiger partial charge in [-0.2, -0.15) is 0 Å². The predicted octanol–water partition coefficient (Wildman–Crippen LogP) is 5.53. The molecule has 0 aromatic heterocycles. The van der Waals surface area contributed by atoms with Crippen molar-refractivity contribution in [2.45, 2.75) is 32.6 Å². The van der Waals surface area contributed by atoms with Crippen molar-refractivity contribution < 1.29 is 26.2 Å². The number of allylic oxidation sites excluding steroid dienone is 5. The fraction of sp³-hybridized carbons (Fsp3) is 0.294. The van der Waals surface area contributed by atoms with E-state index in [4.69, 9.17) is 0 Å². The second-order valence-electron chi connectivity index (χ2n) is 5.15. The van der Waals surface area contributed by atoms with Crippen molar-refractivity contribution in [3.8, 4) is 0 Å². The largest absolute Gasteiger partial charge is 0.147 e. The van der Waals surface area contributed by atoms with Crippen LogP contribution in [0.25, 0.3) is 6.08 Å². The van der Waals surface area contributed by atoms with E-state index in [-0.39, 0.29) is 51.0 Å². The van der Waals surface area contributed by atoms with E-state index in [9.17, 15) is 0 Å². The second kappa shape index (κ2) is 8.37. The number of aryl methyl sites for hydroxylation is 2. The average Bonchev–Trinajstić information content (AvgIpc) is 2.94. The fourth-order valence-electron chi connectivity index (χ4n) is 2.97. The fourth-order valence-corrected chi connectivity index (χ4v) is 2.97. The van der Waals surface area contributed by atoms with Gasteiger partial charge >= 0.3 is 0 Å². The first-order chi connectivity index (χ1) is 8.25. The molecule has 1 unspecified atom stereocenters. The minimum atomic E-state index is 0. The van der Waals surface area contributed by atoms with Crippen LogP contribution >= 0.6 is 24.8 Å². The molecule has 2 aliphatic carbocycles. The van der Waals surface area contributed by atoms with Crippen molar-refractivity contribution in [2.24, 2.45) is 0 Å². The third-order valence-corrected chi connectivity index (χ3v) is 3.92. The van der Waals surface area contributed by atoms with Crippen LogP contribution in [0.5, 0.6) is 0 Å². The molecule has 1 aromatic carbocycles. The van der Waals surface area contributed by atoms with Crippen molar-refractivity contribution >= 4 is 30.9 Å². The summed E-state index contributed by atoms with van der Waals surface area (Å²) >= 11 is 0. The van der Waals surface area contributed by atoms with Crippen molar-refractivity contribution in [3.05, 3.63) is 64.3 Å². The summed E-state index contributed by atoms with van der Waals surface area (Å²) in [5, 5.41) is 0. The Labute approximate surface area is 153 Å². The zero-order valence-electron chi connectivity index (χ0n) is 11.8. The summed E-state index contributed by atoms with van der Waals surface area (Å²) in [5.41, 5.74) is 7.42. The average molecular weight is 386 g/mol. The minimum Gasteiger partial charge on any atom is -0.147 e. The number of rotatable bonds is 2. The molecule has 0 radical (unpaired) electrons. The van der Waals surface area contributed by atoms with Crippen LogP contribution in [-0.2, 0) is 26.2 Å². The number of benzene rings is 1. The number of hydrogen-bond acceptors (Lipinski definition) is 0. The summed E-state index contributed by atoms with van der Waals surface area (Å²) in [6.45, 7) is 4.45. The van der Waals surface area contributed by atoms with Gasteiger partial charge in [0, 0.05) is 32.1 Å². The summed E-state index contributed by atoms with van der Waals surface area (Å²) in [6.07, 6.45) is 13.7. The van der Waals surface area contributed by atoms with E-state index in [2.05, 4.69) is 56.4 Å². The van der Waals surface area contributed by atoms with Crippen LogP contribution in [0, 0.1) is 13.8 Å². The molecule has 0 aliphatic heterocycles. The molecule has 1 atom stereocenters. The molecule has 1 aromatic rings. The molecule has 106 valence electrons. The third-order valence-electron chi connectivity index (χ3n) is 3.92. The molecule has 3 rings (SSSR count). The Kier molecular flexibility index (Phi) is 8.33. The van der Waals surface area contributed by atoms with Gasteiger partial charge in [-0.1, -0.05) is 48.1 Å². The van der Waals surface area contributed by atoms with Crippen molar-refractivity contribution in [3.63, 3.8) is 0 Å². The van der Waals surface area contributed by atoms with E-state index >= 15 is 0 Å². The Morgan fingerprint density at radius 2 is 1.80 bits per heavy atom. The van der Waals surface area contributed by atoms with Crippen molar-refractivity contribution in [1.29, 1.82) is 0 Å². The van der Waals surface area contributed by atoms with E-state index in [1.165, 1.54) is 23.1 Å². The van der Waals surface area contributed by atoms with E-state index in [1.54, 1.807) is 11.1 Å². The molecule has 0 nitrogen and oxygen atoms in total. The van der Waals surface area contributed by atoms with Gasteiger partial charge in [0.1, 0.15) is 0 Å². The first kappa shape index (κ1) is 19.9. The Balaban J connectivity index is 0.00000120. The summed E-state index contributed by atoms with van der Waals surface area (Å²) in [7, 11) is 0. The SMILES string of the molecule is Cc1ccc(C)c2c1C=CC2CC1=CC=CC1.Cl.Cl.[Zr]. The molecule has 0 heterocycles. The zero-order valence-corrected chi connectivity index (χ0v) is 15.9. The van der Waals surface area contributed by atoms with Gasteiger partial charge in [0.2, 0.25) is 0 Å². The van der Waals surface area contributed by atoms with Gasteiger partial charge in [-0.3, -0.25) is 0 Å². The molecule has 0 fully saturated rings. The van der Waals surface area contributed by atoms with Gasteiger partial charge in [0.25, 0.3) is 0 Å². The van der Waals surface area contributed by atoms with Gasteiger partial charge < -0.3 is 0 Å². The van der Waals surface area contributed by atoms with Gasteiger partial charge in [0.15, 0.2) is 0 Å². The molecular formula is C17H20Cl2Zr. The molecule has 0 bridgehead atoms. The number of fused-ring (bicyclic) bond motifs is 1. The maximum atomic E-state index is 2.38. The molecule has 0 amide bonds. The summed E-state index contributed by atoms with van der Waals surface area (Å²) in [6, 6.07) is 4.49. The monoisotopic (exact) mass is 384 g/mol. The van der Waals surface area contributed by atoms with Crippen LogP contribution in [-0.4, -0.2) is 0 Å². The molecule has 0 spiro atoms. The van der Waals surface area contributed by atoms with Crippen LogP contribution < -0.4 is 0 Å². The topological polar surface area (TPSA) is 0 Å². The van der Waals surface area contributed by atoms with Crippen LogP contribution in [0.1, 0.15) is 41.0 Å². The molecule has 20 heavy (non-hydrogen) atoms. The van der Waals surface area contributed by atoms with Crippen LogP contribution in [0.3, 0.4) is 0 Å². The van der Waals surface area contributed by atoms with E-state index < -0.39 is 0 Å². The Bertz CT molecular complexity index is 556. The molecule has 0 saturated heterocycles. The summed E-state index contributed by atoms with van der Waals surface area (Å²) < 4.78 is 0. The first-order valence-electron chi connectivity index (χ1n) is 6.38. The van der Waals surface area contributed by atoms with Crippen LogP contribution in [0.15, 0.2) is 42.0 Å². The molecule has 0 N–H and O–H groups in total. The minimum absolute atomic E-state index is 0. The van der Waals surface area contributed by atoms with Gasteiger partial charge in [-0.05, 0) is 48.9 Å². The van der Waals surface area contributed by atoms with Gasteiger partial charge in [-0.15, -0.1) is 24.8 Å². The van der Waals surface area contributed by atoms with Crippen molar-refractivity contribution in [1.82, 2.24) is 0 Å². The third kappa shape index (κ3) is 3.76. The Morgan fingerprint density at radius 3 is 2.45 bits per heavy atom. The smallest absolute Gasteiger partial charge is 0.00673 e. The normalized spacial score (nSPS) is 17.7. The van der Waals surface area contributed by atoms with Crippen molar-refractivity contribution in [2.75, 3.05) is 0 Å². The Hall–Kier alpha value is -0.0969. The summed E-state index contributed by atoms with van der Waals surface area (Å²) in [5.74, 6) is 0.594. The maximum absolute atomic E-state index is 2.38. The summed E-state index contributed by atoms with van der Waals surface area (Å²) in [4.78, 5) is 0. The number of hydrogen-bond donors (Lipinski definition) is 0. The first-order valence-corrected chi connectivity index (χ1v) is 6.38. The molecular weight excluding hydrogens is 366 g/mol. The van der Waals surface area contributed by atoms with Gasteiger partial charge in [0.05, 0.1) is 0 Å². The Morgan fingerprint density at radius 1 is 1.10 bits per heavy atom. The molecule has 3 heteroatoms. The van der Waals surface area contributed by atoms with Crippen LogP contribution in [0.2, 0.25) is 0 Å². The molecule has 0 saturated carbocycles. The van der Waals surface area contributed by atoms with E-state index in [1.807, 2.05) is 0 Å². The maximum Gasteiger partial charge on any atom is 0.00673 e. The van der Waals surface area contributed by atoms with E-state index in [0.29, 0.717) is 5.92 Å². The standard InChI is InChI=1S/C17H18.2ClH.Zr/c1-12-7-8-13(2)17-15(9-10-16(12)17)11-14-5-3-4-6-14;;;/h3-5,7-10,15H,6,11H2,1-2H3;2*1H;. The quantitative estimate of drug-likeness (QED) is 0.627.